The summed E-state index contributed by atoms with van der Waals surface area (Å²) in [4.78, 5) is 3.91. The second kappa shape index (κ2) is 6.22. The van der Waals surface area contributed by atoms with E-state index in [-0.39, 0.29) is 0 Å². The molecule has 3 nitrogen and oxygen atoms in total. The lowest BCUT2D eigenvalue weighted by atomic mass is 10.3. The van der Waals surface area contributed by atoms with Crippen molar-refractivity contribution in [2.45, 2.75) is 13.8 Å². The van der Waals surface area contributed by atoms with Crippen molar-refractivity contribution in [2.24, 2.45) is 0 Å². The summed E-state index contributed by atoms with van der Waals surface area (Å²) in [6, 6.07) is 0. The fraction of sp³-hybridized carbons (Fsp3) is 0.222. The molecule has 0 aliphatic rings. The molecule has 1 heterocycles. The van der Waals surface area contributed by atoms with Gasteiger partial charge in [0.1, 0.15) is 12.0 Å². The second-order valence-electron chi connectivity index (χ2n) is 1.64. The molecule has 1 rings (SSSR count). The molecule has 0 fully saturated rings. The van der Waals surface area contributed by atoms with E-state index in [4.69, 9.17) is 0 Å². The highest BCUT2D eigenvalue weighted by Crippen LogP contribution is 2.01. The number of hydrogen-bond donors (Lipinski definition) is 0. The predicted octanol–water partition coefficient (Wildman–Crippen LogP) is 2.18. The van der Waals surface area contributed by atoms with Crippen molar-refractivity contribution in [1.82, 2.24) is 15.2 Å². The molecule has 64 valence electrons. The van der Waals surface area contributed by atoms with Crippen LogP contribution in [0.4, 0.5) is 0 Å². The molecule has 0 N–H and O–H groups in total. The van der Waals surface area contributed by atoms with Crippen LogP contribution in [0.2, 0.25) is 0 Å². The molecule has 0 unspecified atom stereocenters. The van der Waals surface area contributed by atoms with Gasteiger partial charge in [0, 0.05) is 0 Å². The van der Waals surface area contributed by atoms with Crippen molar-refractivity contribution in [3.63, 3.8) is 0 Å². The first-order valence-electron chi connectivity index (χ1n) is 3.81. The Labute approximate surface area is 72.9 Å². The van der Waals surface area contributed by atoms with Crippen molar-refractivity contribution in [3.05, 3.63) is 30.9 Å². The number of aromatic nitrogens is 3. The third-order valence-electron chi connectivity index (χ3n) is 1.06. The van der Waals surface area contributed by atoms with Crippen LogP contribution >= 0.6 is 0 Å². The van der Waals surface area contributed by atoms with E-state index >= 15 is 0 Å². The molecule has 1 aromatic rings. The fourth-order valence-electron chi connectivity index (χ4n) is 0.596. The van der Waals surface area contributed by atoms with E-state index in [1.807, 2.05) is 13.8 Å². The number of hydrogen-bond acceptors (Lipinski definition) is 3. The standard InChI is InChI=1S/C7H7N3.C2H6/c1-3-6-7(4-2)10-9-5-8-6;1-2/h3-5H,1-2H2;1-2H3. The lowest BCUT2D eigenvalue weighted by Crippen LogP contribution is -1.92. The first kappa shape index (κ1) is 10.5. The number of nitrogens with zero attached hydrogens (tertiary/aromatic N) is 3. The van der Waals surface area contributed by atoms with Crippen molar-refractivity contribution in [2.75, 3.05) is 0 Å². The average Bonchev–Trinajstić information content (AvgIpc) is 2.20. The van der Waals surface area contributed by atoms with Gasteiger partial charge in [-0.3, -0.25) is 0 Å². The Morgan fingerprint density at radius 1 is 1.17 bits per heavy atom. The van der Waals surface area contributed by atoms with Crippen LogP contribution in [0.15, 0.2) is 19.5 Å². The molecular weight excluding hydrogens is 150 g/mol. The lowest BCUT2D eigenvalue weighted by molar-refractivity contribution is 0.949. The molecule has 0 aliphatic heterocycles. The largest absolute Gasteiger partial charge is 0.233 e. The normalized spacial score (nSPS) is 7.83. The molecular formula is C9H13N3. The Hall–Kier alpha value is -1.51. The van der Waals surface area contributed by atoms with E-state index in [9.17, 15) is 0 Å². The van der Waals surface area contributed by atoms with E-state index in [2.05, 4.69) is 28.3 Å². The van der Waals surface area contributed by atoms with Crippen LogP contribution in [0.3, 0.4) is 0 Å². The highest BCUT2D eigenvalue weighted by atomic mass is 15.1. The van der Waals surface area contributed by atoms with E-state index in [0.29, 0.717) is 11.4 Å². The average molecular weight is 163 g/mol. The van der Waals surface area contributed by atoms with Crippen molar-refractivity contribution >= 4 is 12.2 Å². The van der Waals surface area contributed by atoms with E-state index in [0.717, 1.165) is 0 Å². The van der Waals surface area contributed by atoms with Crippen LogP contribution in [-0.4, -0.2) is 15.2 Å². The molecule has 0 saturated carbocycles. The Morgan fingerprint density at radius 2 is 1.75 bits per heavy atom. The second-order valence-corrected chi connectivity index (χ2v) is 1.64. The zero-order valence-corrected chi connectivity index (χ0v) is 7.49. The van der Waals surface area contributed by atoms with Crippen molar-refractivity contribution in [1.29, 1.82) is 0 Å². The summed E-state index contributed by atoms with van der Waals surface area (Å²) in [5.41, 5.74) is 1.38. The molecule has 3 heteroatoms. The molecule has 0 amide bonds. The molecule has 0 spiro atoms. The van der Waals surface area contributed by atoms with Gasteiger partial charge in [-0.1, -0.05) is 27.0 Å². The van der Waals surface area contributed by atoms with Crippen LogP contribution in [0.25, 0.3) is 12.2 Å². The maximum atomic E-state index is 3.91. The Bertz CT molecular complexity index is 229. The Balaban J connectivity index is 0.000000561. The highest BCUT2D eigenvalue weighted by Gasteiger charge is 1.94. The molecule has 0 aromatic carbocycles. The quantitative estimate of drug-likeness (QED) is 0.670. The lowest BCUT2D eigenvalue weighted by Gasteiger charge is -1.92. The maximum Gasteiger partial charge on any atom is 0.138 e. The highest BCUT2D eigenvalue weighted by molar-refractivity contribution is 5.55. The summed E-state index contributed by atoms with van der Waals surface area (Å²) in [5.74, 6) is 0. The van der Waals surface area contributed by atoms with Gasteiger partial charge in [-0.2, -0.15) is 0 Å². The summed E-state index contributed by atoms with van der Waals surface area (Å²) in [6.07, 6.45) is 4.59. The molecule has 0 aliphatic carbocycles. The third kappa shape index (κ3) is 2.62. The van der Waals surface area contributed by atoms with Gasteiger partial charge in [-0.25, -0.2) is 4.98 Å². The fourth-order valence-corrected chi connectivity index (χ4v) is 0.596. The third-order valence-corrected chi connectivity index (χ3v) is 1.06. The van der Waals surface area contributed by atoms with Crippen molar-refractivity contribution < 1.29 is 0 Å². The molecule has 0 bridgehead atoms. The number of rotatable bonds is 2. The zero-order chi connectivity index (χ0) is 9.40. The van der Waals surface area contributed by atoms with Gasteiger partial charge >= 0.3 is 0 Å². The summed E-state index contributed by atoms with van der Waals surface area (Å²) in [6.45, 7) is 11.1. The van der Waals surface area contributed by atoms with Gasteiger partial charge in [0.05, 0.1) is 5.69 Å². The maximum absolute atomic E-state index is 3.91. The zero-order valence-electron chi connectivity index (χ0n) is 7.49. The SMILES string of the molecule is C=Cc1ncnnc1C=C.CC. The molecule has 1 aromatic heterocycles. The van der Waals surface area contributed by atoms with Crippen molar-refractivity contribution in [3.8, 4) is 0 Å². The first-order valence-corrected chi connectivity index (χ1v) is 3.81. The summed E-state index contributed by atoms with van der Waals surface area (Å²) >= 11 is 0. The Kier molecular flexibility index (Phi) is 5.43. The molecule has 0 atom stereocenters. The summed E-state index contributed by atoms with van der Waals surface area (Å²) < 4.78 is 0. The van der Waals surface area contributed by atoms with Crippen LogP contribution in [0, 0.1) is 0 Å². The predicted molar refractivity (Wildman–Crippen MR) is 51.4 cm³/mol. The minimum absolute atomic E-state index is 0.664. The monoisotopic (exact) mass is 163 g/mol. The van der Waals surface area contributed by atoms with Crippen LogP contribution < -0.4 is 0 Å². The van der Waals surface area contributed by atoms with Crippen LogP contribution in [0.5, 0.6) is 0 Å². The smallest absolute Gasteiger partial charge is 0.138 e. The van der Waals surface area contributed by atoms with Gasteiger partial charge in [0.25, 0.3) is 0 Å². The van der Waals surface area contributed by atoms with Gasteiger partial charge in [-0.15, -0.1) is 10.2 Å². The first-order chi connectivity index (χ1) is 5.88. The summed E-state index contributed by atoms with van der Waals surface area (Å²) in [7, 11) is 0. The minimum Gasteiger partial charge on any atom is -0.233 e. The van der Waals surface area contributed by atoms with E-state index in [1.165, 1.54) is 6.33 Å². The van der Waals surface area contributed by atoms with Gasteiger partial charge in [-0.05, 0) is 12.2 Å². The van der Waals surface area contributed by atoms with Gasteiger partial charge in [0.15, 0.2) is 0 Å². The summed E-state index contributed by atoms with van der Waals surface area (Å²) in [5, 5.41) is 7.35. The van der Waals surface area contributed by atoms with Gasteiger partial charge in [0.2, 0.25) is 0 Å². The minimum atomic E-state index is 0.664. The van der Waals surface area contributed by atoms with Crippen LogP contribution in [0.1, 0.15) is 25.2 Å². The van der Waals surface area contributed by atoms with E-state index < -0.39 is 0 Å². The topological polar surface area (TPSA) is 38.7 Å². The Morgan fingerprint density at radius 3 is 2.17 bits per heavy atom. The molecule has 0 saturated heterocycles. The van der Waals surface area contributed by atoms with Gasteiger partial charge < -0.3 is 0 Å². The van der Waals surface area contributed by atoms with E-state index in [1.54, 1.807) is 12.2 Å². The van der Waals surface area contributed by atoms with Crippen LogP contribution in [-0.2, 0) is 0 Å². The molecule has 0 radical (unpaired) electrons. The molecule has 12 heavy (non-hydrogen) atoms.